The summed E-state index contributed by atoms with van der Waals surface area (Å²) in [7, 11) is 0. The van der Waals surface area contributed by atoms with Crippen molar-refractivity contribution in [3.05, 3.63) is 0 Å². The molecule has 1 unspecified atom stereocenters. The maximum Gasteiger partial charge on any atom is 0.188 e. The predicted molar refractivity (Wildman–Crippen MR) is 58.4 cm³/mol. The molecule has 3 N–H and O–H groups in total. The lowest BCUT2D eigenvalue weighted by Gasteiger charge is -2.21. The van der Waals surface area contributed by atoms with Gasteiger partial charge in [-0.15, -0.1) is 0 Å². The van der Waals surface area contributed by atoms with E-state index in [9.17, 15) is 0 Å². The van der Waals surface area contributed by atoms with Crippen LogP contribution in [0.3, 0.4) is 0 Å². The minimum atomic E-state index is 0.274. The van der Waals surface area contributed by atoms with Crippen molar-refractivity contribution in [2.75, 3.05) is 13.2 Å². The van der Waals surface area contributed by atoms with E-state index in [1.165, 1.54) is 12.8 Å². The molecule has 1 saturated heterocycles. The quantitative estimate of drug-likeness (QED) is 0.523. The van der Waals surface area contributed by atoms with Gasteiger partial charge in [-0.3, -0.25) is 4.99 Å². The fourth-order valence-electron chi connectivity index (χ4n) is 1.49. The van der Waals surface area contributed by atoms with Crippen LogP contribution in [0.2, 0.25) is 0 Å². The van der Waals surface area contributed by atoms with Crippen molar-refractivity contribution in [3.63, 3.8) is 0 Å². The molecule has 0 radical (unpaired) electrons. The van der Waals surface area contributed by atoms with Crippen molar-refractivity contribution in [1.82, 2.24) is 5.32 Å². The Kier molecular flexibility index (Phi) is 4.73. The number of hydrogen-bond donors (Lipinski definition) is 2. The molecule has 82 valence electrons. The number of nitrogens with zero attached hydrogens (tertiary/aromatic N) is 1. The standard InChI is InChI=1S/C10H21N3O/c1-8(2)13-10(11)12-7-9-5-3-4-6-14-9/h8-9H,3-7H2,1-2H3,(H3,11,12,13). The normalized spacial score (nSPS) is 23.9. The van der Waals surface area contributed by atoms with E-state index in [0.717, 1.165) is 13.0 Å². The first kappa shape index (κ1) is 11.3. The van der Waals surface area contributed by atoms with E-state index >= 15 is 0 Å². The zero-order valence-electron chi connectivity index (χ0n) is 9.12. The Hall–Kier alpha value is -0.770. The van der Waals surface area contributed by atoms with Gasteiger partial charge in [-0.1, -0.05) is 0 Å². The number of nitrogens with two attached hydrogens (primary N) is 1. The van der Waals surface area contributed by atoms with Crippen LogP contribution in [-0.2, 0) is 4.74 Å². The smallest absolute Gasteiger partial charge is 0.188 e. The Morgan fingerprint density at radius 1 is 1.57 bits per heavy atom. The zero-order chi connectivity index (χ0) is 10.4. The van der Waals surface area contributed by atoms with Gasteiger partial charge in [-0.05, 0) is 33.1 Å². The molecule has 4 nitrogen and oxygen atoms in total. The third-order valence-electron chi connectivity index (χ3n) is 2.18. The molecule has 4 heteroatoms. The molecule has 14 heavy (non-hydrogen) atoms. The van der Waals surface area contributed by atoms with Crippen LogP contribution in [0.1, 0.15) is 33.1 Å². The van der Waals surface area contributed by atoms with Crippen LogP contribution in [0.4, 0.5) is 0 Å². The summed E-state index contributed by atoms with van der Waals surface area (Å²) in [6, 6.07) is 0.339. The zero-order valence-corrected chi connectivity index (χ0v) is 9.12. The van der Waals surface area contributed by atoms with Gasteiger partial charge in [0.1, 0.15) is 0 Å². The molecule has 0 amide bonds. The van der Waals surface area contributed by atoms with E-state index in [2.05, 4.69) is 10.3 Å². The summed E-state index contributed by atoms with van der Waals surface area (Å²) in [6.07, 6.45) is 3.81. The van der Waals surface area contributed by atoms with Crippen LogP contribution in [0.25, 0.3) is 0 Å². The van der Waals surface area contributed by atoms with Gasteiger partial charge in [0.15, 0.2) is 5.96 Å². The maximum atomic E-state index is 5.68. The van der Waals surface area contributed by atoms with E-state index in [0.29, 0.717) is 18.5 Å². The van der Waals surface area contributed by atoms with E-state index in [1.54, 1.807) is 0 Å². The summed E-state index contributed by atoms with van der Waals surface area (Å²) >= 11 is 0. The molecule has 0 bridgehead atoms. The highest BCUT2D eigenvalue weighted by Crippen LogP contribution is 2.12. The lowest BCUT2D eigenvalue weighted by atomic mass is 10.1. The number of rotatable bonds is 3. The van der Waals surface area contributed by atoms with Crippen molar-refractivity contribution in [2.45, 2.75) is 45.3 Å². The molecular weight excluding hydrogens is 178 g/mol. The van der Waals surface area contributed by atoms with E-state index in [1.807, 2.05) is 13.8 Å². The first-order valence-corrected chi connectivity index (χ1v) is 5.36. The van der Waals surface area contributed by atoms with Gasteiger partial charge in [0.25, 0.3) is 0 Å². The predicted octanol–water partition coefficient (Wildman–Crippen LogP) is 0.868. The molecule has 0 aromatic rings. The SMILES string of the molecule is CC(C)NC(N)=NCC1CCCCO1. The summed E-state index contributed by atoms with van der Waals surface area (Å²) in [5.41, 5.74) is 5.68. The highest BCUT2D eigenvalue weighted by molar-refractivity contribution is 5.78. The Morgan fingerprint density at radius 2 is 2.36 bits per heavy atom. The Labute approximate surface area is 85.9 Å². The lowest BCUT2D eigenvalue weighted by molar-refractivity contribution is 0.0224. The maximum absolute atomic E-state index is 5.68. The highest BCUT2D eigenvalue weighted by Gasteiger charge is 2.12. The summed E-state index contributed by atoms with van der Waals surface area (Å²) in [5, 5.41) is 3.05. The first-order chi connectivity index (χ1) is 6.68. The topological polar surface area (TPSA) is 59.6 Å². The molecular formula is C10H21N3O. The number of aliphatic imine (C=N–C) groups is 1. The first-order valence-electron chi connectivity index (χ1n) is 5.36. The minimum Gasteiger partial charge on any atom is -0.376 e. The van der Waals surface area contributed by atoms with Crippen molar-refractivity contribution in [1.29, 1.82) is 0 Å². The van der Waals surface area contributed by atoms with Crippen LogP contribution in [-0.4, -0.2) is 31.3 Å². The lowest BCUT2D eigenvalue weighted by Crippen LogP contribution is -2.37. The Morgan fingerprint density at radius 3 is 2.93 bits per heavy atom. The van der Waals surface area contributed by atoms with E-state index in [-0.39, 0.29) is 6.10 Å². The van der Waals surface area contributed by atoms with Gasteiger partial charge in [-0.25, -0.2) is 0 Å². The third kappa shape index (κ3) is 4.46. The van der Waals surface area contributed by atoms with Gasteiger partial charge in [0, 0.05) is 12.6 Å². The van der Waals surface area contributed by atoms with Gasteiger partial charge >= 0.3 is 0 Å². The molecule has 0 aliphatic carbocycles. The summed E-state index contributed by atoms with van der Waals surface area (Å²) in [4.78, 5) is 4.25. The molecule has 1 rings (SSSR count). The van der Waals surface area contributed by atoms with Crippen LogP contribution >= 0.6 is 0 Å². The second-order valence-corrected chi connectivity index (χ2v) is 4.01. The summed E-state index contributed by atoms with van der Waals surface area (Å²) in [6.45, 7) is 5.64. The average molecular weight is 199 g/mol. The molecule has 1 aliphatic heterocycles. The van der Waals surface area contributed by atoms with Crippen molar-refractivity contribution in [3.8, 4) is 0 Å². The molecule has 0 saturated carbocycles. The minimum absolute atomic E-state index is 0.274. The van der Waals surface area contributed by atoms with Crippen molar-refractivity contribution < 1.29 is 4.74 Å². The molecule has 0 aromatic carbocycles. The van der Waals surface area contributed by atoms with Crippen molar-refractivity contribution >= 4 is 5.96 Å². The van der Waals surface area contributed by atoms with Gasteiger partial charge in [0.05, 0.1) is 12.6 Å². The van der Waals surface area contributed by atoms with Gasteiger partial charge < -0.3 is 15.8 Å². The van der Waals surface area contributed by atoms with Gasteiger partial charge in [-0.2, -0.15) is 0 Å². The number of ether oxygens (including phenoxy) is 1. The second-order valence-electron chi connectivity index (χ2n) is 4.01. The second kappa shape index (κ2) is 5.86. The molecule has 1 fully saturated rings. The van der Waals surface area contributed by atoms with E-state index in [4.69, 9.17) is 10.5 Å². The molecule has 1 atom stereocenters. The van der Waals surface area contributed by atoms with E-state index < -0.39 is 0 Å². The van der Waals surface area contributed by atoms with Crippen molar-refractivity contribution in [2.24, 2.45) is 10.7 Å². The Balaban J connectivity index is 2.22. The summed E-state index contributed by atoms with van der Waals surface area (Å²) in [5.74, 6) is 0.522. The molecule has 0 aromatic heterocycles. The molecule has 1 aliphatic rings. The Bertz CT molecular complexity index is 186. The van der Waals surface area contributed by atoms with Gasteiger partial charge in [0.2, 0.25) is 0 Å². The highest BCUT2D eigenvalue weighted by atomic mass is 16.5. The average Bonchev–Trinajstić information content (AvgIpc) is 2.15. The van der Waals surface area contributed by atoms with Crippen LogP contribution in [0, 0.1) is 0 Å². The molecule has 1 heterocycles. The fourth-order valence-corrected chi connectivity index (χ4v) is 1.49. The fraction of sp³-hybridized carbons (Fsp3) is 0.900. The molecule has 0 spiro atoms. The number of nitrogens with one attached hydrogen (secondary N) is 1. The number of guanidine groups is 1. The summed E-state index contributed by atoms with van der Waals surface area (Å²) < 4.78 is 5.54. The van der Waals surface area contributed by atoms with Crippen LogP contribution in [0.5, 0.6) is 0 Å². The van der Waals surface area contributed by atoms with Crippen LogP contribution in [0.15, 0.2) is 4.99 Å². The number of hydrogen-bond acceptors (Lipinski definition) is 2. The largest absolute Gasteiger partial charge is 0.376 e. The monoisotopic (exact) mass is 199 g/mol. The van der Waals surface area contributed by atoms with Crippen LogP contribution < -0.4 is 11.1 Å². The third-order valence-corrected chi connectivity index (χ3v) is 2.18.